The van der Waals surface area contributed by atoms with Gasteiger partial charge in [-0.25, -0.2) is 0 Å². The molecule has 0 saturated heterocycles. The molecular weight excluding hydrogens is 931 g/mol. The van der Waals surface area contributed by atoms with Gasteiger partial charge in [-0.1, -0.05) is 122 Å². The van der Waals surface area contributed by atoms with Crippen LogP contribution >= 0.6 is 0 Å². The van der Waals surface area contributed by atoms with Crippen LogP contribution in [-0.4, -0.2) is 15.0 Å². The molecule has 0 aliphatic carbocycles. The Labute approximate surface area is 365 Å². The predicted octanol–water partition coefficient (Wildman–Crippen LogP) is 14.3. The Bertz CT molecular complexity index is 3140. The Hall–Kier alpha value is -7.18. The molecular formula is C54H36IrN3O3. The quantitative estimate of drug-likeness (QED) is 0.164. The Morgan fingerprint density at radius 2 is 0.656 bits per heavy atom. The summed E-state index contributed by atoms with van der Waals surface area (Å²) in [6.45, 7) is 6.18. The third kappa shape index (κ3) is 7.62. The van der Waals surface area contributed by atoms with Crippen LogP contribution in [0.5, 0.6) is 0 Å². The summed E-state index contributed by atoms with van der Waals surface area (Å²) in [5, 5.41) is 6.72. The van der Waals surface area contributed by atoms with Crippen LogP contribution in [0.4, 0.5) is 0 Å². The molecule has 6 aromatic heterocycles. The molecule has 6 heterocycles. The van der Waals surface area contributed by atoms with E-state index >= 15 is 0 Å². The smallest absolute Gasteiger partial charge is 0.501 e. The molecule has 0 atom stereocenters. The van der Waals surface area contributed by atoms with E-state index in [1.165, 1.54) is 16.7 Å². The van der Waals surface area contributed by atoms with E-state index < -0.39 is 0 Å². The van der Waals surface area contributed by atoms with Gasteiger partial charge in [-0.3, -0.25) is 0 Å². The van der Waals surface area contributed by atoms with E-state index in [9.17, 15) is 0 Å². The van der Waals surface area contributed by atoms with Gasteiger partial charge in [-0.05, 0) is 74.3 Å². The summed E-state index contributed by atoms with van der Waals surface area (Å²) in [6, 6.07) is 58.1. The van der Waals surface area contributed by atoms with Crippen LogP contribution in [0, 0.1) is 39.0 Å². The van der Waals surface area contributed by atoms with Crippen molar-refractivity contribution in [3.05, 3.63) is 199 Å². The van der Waals surface area contributed by atoms with Crippen molar-refractivity contribution in [3.63, 3.8) is 0 Å². The fourth-order valence-corrected chi connectivity index (χ4v) is 7.66. The van der Waals surface area contributed by atoms with Gasteiger partial charge in [-0.2, -0.15) is 0 Å². The van der Waals surface area contributed by atoms with E-state index in [1.807, 2.05) is 128 Å². The van der Waals surface area contributed by atoms with Crippen molar-refractivity contribution in [1.82, 2.24) is 15.0 Å². The van der Waals surface area contributed by atoms with Crippen molar-refractivity contribution in [2.24, 2.45) is 0 Å². The number of fused-ring (bicyclic) bond motifs is 9. The molecule has 0 saturated carbocycles. The molecule has 7 heteroatoms. The van der Waals surface area contributed by atoms with E-state index in [0.29, 0.717) is 0 Å². The zero-order valence-electron chi connectivity index (χ0n) is 33.5. The Kier molecular flexibility index (Phi) is 10.8. The number of hydrogen-bond donors (Lipinski definition) is 0. The maximum Gasteiger partial charge on any atom is 3.00 e. The van der Waals surface area contributed by atoms with E-state index in [-0.39, 0.29) is 20.1 Å². The Balaban J connectivity index is 0.000000116. The number of aromatic nitrogens is 3. The number of aryl methyl sites for hydroxylation is 3. The van der Waals surface area contributed by atoms with Gasteiger partial charge in [0.1, 0.15) is 16.7 Å². The summed E-state index contributed by atoms with van der Waals surface area (Å²) in [4.78, 5) is 13.3. The number of hydrogen-bond acceptors (Lipinski definition) is 6. The molecule has 294 valence electrons. The summed E-state index contributed by atoms with van der Waals surface area (Å²) >= 11 is 0. The minimum absolute atomic E-state index is 0. The number of nitrogens with zero attached hydrogens (tertiary/aromatic N) is 3. The summed E-state index contributed by atoms with van der Waals surface area (Å²) < 4.78 is 18.0. The molecule has 0 fully saturated rings. The van der Waals surface area contributed by atoms with E-state index in [4.69, 9.17) is 13.3 Å². The number of rotatable bonds is 3. The molecule has 0 spiro atoms. The second-order valence-electron chi connectivity index (χ2n) is 14.7. The van der Waals surface area contributed by atoms with Crippen LogP contribution in [0.3, 0.4) is 0 Å². The second-order valence-corrected chi connectivity index (χ2v) is 14.7. The van der Waals surface area contributed by atoms with Crippen molar-refractivity contribution in [2.75, 3.05) is 0 Å². The first-order chi connectivity index (χ1) is 29.5. The Morgan fingerprint density at radius 3 is 0.951 bits per heavy atom. The van der Waals surface area contributed by atoms with Gasteiger partial charge in [0.05, 0.1) is 16.7 Å². The van der Waals surface area contributed by atoms with Gasteiger partial charge in [-0.15, -0.1) is 54.6 Å². The molecule has 6 nitrogen and oxygen atoms in total. The van der Waals surface area contributed by atoms with Crippen molar-refractivity contribution >= 4 is 65.8 Å². The molecule has 0 N–H and O–H groups in total. The summed E-state index contributed by atoms with van der Waals surface area (Å²) in [7, 11) is 0. The average Bonchev–Trinajstić information content (AvgIpc) is 3.98. The van der Waals surface area contributed by atoms with Crippen LogP contribution < -0.4 is 0 Å². The first-order valence-electron chi connectivity index (χ1n) is 19.7. The molecule has 61 heavy (non-hydrogen) atoms. The van der Waals surface area contributed by atoms with Crippen molar-refractivity contribution in [2.45, 2.75) is 20.8 Å². The molecule has 0 unspecified atom stereocenters. The van der Waals surface area contributed by atoms with E-state index in [1.54, 1.807) is 0 Å². The molecule has 0 aliphatic heterocycles. The normalized spacial score (nSPS) is 11.1. The number of pyridine rings is 3. The van der Waals surface area contributed by atoms with Gasteiger partial charge in [0, 0.05) is 34.7 Å². The van der Waals surface area contributed by atoms with Gasteiger partial charge >= 0.3 is 20.1 Å². The fraction of sp³-hybridized carbons (Fsp3) is 0.0556. The fourth-order valence-electron chi connectivity index (χ4n) is 7.66. The standard InChI is InChI=1S/3C18H12NO.Ir/c3*1-12-9-10-19-16(11-12)15-7-4-6-14-13-5-2-3-8-17(13)20-18(14)15;/h3*2-6,8-11H,1H3;/q3*-1;+3. The topological polar surface area (TPSA) is 78.1 Å². The van der Waals surface area contributed by atoms with Crippen LogP contribution in [0.25, 0.3) is 99.6 Å². The molecule has 0 radical (unpaired) electrons. The first-order valence-corrected chi connectivity index (χ1v) is 19.7. The molecule has 0 bridgehead atoms. The molecule has 12 rings (SSSR count). The van der Waals surface area contributed by atoms with Gasteiger partial charge in [0.25, 0.3) is 0 Å². The average molecular weight is 967 g/mol. The second kappa shape index (κ2) is 16.8. The largest absolute Gasteiger partial charge is 3.00 e. The minimum atomic E-state index is 0. The zero-order chi connectivity index (χ0) is 40.6. The van der Waals surface area contributed by atoms with Gasteiger partial charge < -0.3 is 28.2 Å². The zero-order valence-corrected chi connectivity index (χ0v) is 35.9. The van der Waals surface area contributed by atoms with Crippen molar-refractivity contribution in [3.8, 4) is 33.8 Å². The Morgan fingerprint density at radius 1 is 0.361 bits per heavy atom. The first kappa shape index (κ1) is 39.3. The van der Waals surface area contributed by atoms with Crippen molar-refractivity contribution in [1.29, 1.82) is 0 Å². The summed E-state index contributed by atoms with van der Waals surface area (Å²) in [5.74, 6) is 0. The minimum Gasteiger partial charge on any atom is -0.501 e. The number of furan rings is 3. The van der Waals surface area contributed by atoms with Crippen LogP contribution in [0.1, 0.15) is 16.7 Å². The number of para-hydroxylation sites is 3. The van der Waals surface area contributed by atoms with Crippen LogP contribution in [0.15, 0.2) is 177 Å². The van der Waals surface area contributed by atoms with Gasteiger partial charge in [0.2, 0.25) is 0 Å². The monoisotopic (exact) mass is 967 g/mol. The van der Waals surface area contributed by atoms with Crippen LogP contribution in [0.2, 0.25) is 0 Å². The van der Waals surface area contributed by atoms with Gasteiger partial charge in [0.15, 0.2) is 0 Å². The molecule has 0 aliphatic rings. The third-order valence-corrected chi connectivity index (χ3v) is 10.5. The maximum atomic E-state index is 6.01. The third-order valence-electron chi connectivity index (χ3n) is 10.5. The molecule has 12 aromatic rings. The molecule has 0 amide bonds. The summed E-state index contributed by atoms with van der Waals surface area (Å²) in [5.41, 5.74) is 14.2. The van der Waals surface area contributed by atoms with Crippen molar-refractivity contribution < 1.29 is 33.4 Å². The van der Waals surface area contributed by atoms with E-state index in [0.717, 1.165) is 99.6 Å². The van der Waals surface area contributed by atoms with E-state index in [2.05, 4.69) is 90.3 Å². The number of benzene rings is 6. The maximum absolute atomic E-state index is 6.01. The summed E-state index contributed by atoms with van der Waals surface area (Å²) in [6.07, 6.45) is 5.46. The van der Waals surface area contributed by atoms with Crippen LogP contribution in [-0.2, 0) is 20.1 Å². The predicted molar refractivity (Wildman–Crippen MR) is 242 cm³/mol. The molecule has 6 aromatic carbocycles. The SMILES string of the molecule is Cc1ccnc(-c2[c-]ccc3c2oc2ccccc23)c1.Cc1ccnc(-c2[c-]ccc3c2oc2ccccc23)c1.Cc1ccnc(-c2[c-]ccc3c2oc2ccccc23)c1.[Ir+3].